The molecule has 0 aromatic carbocycles. The Kier molecular flexibility index (Phi) is 13.1. The van der Waals surface area contributed by atoms with Crippen molar-refractivity contribution < 1.29 is 4.74 Å². The van der Waals surface area contributed by atoms with Crippen LogP contribution in [0.4, 0.5) is 0 Å². The van der Waals surface area contributed by atoms with Gasteiger partial charge >= 0.3 is 0 Å². The zero-order valence-electron chi connectivity index (χ0n) is 11.0. The lowest BCUT2D eigenvalue weighted by atomic mass is 10.2. The van der Waals surface area contributed by atoms with Gasteiger partial charge in [0.25, 0.3) is 0 Å². The smallest absolute Gasteiger partial charge is 0.191 e. The van der Waals surface area contributed by atoms with E-state index in [-0.39, 0.29) is 30.0 Å². The van der Waals surface area contributed by atoms with E-state index in [1.54, 1.807) is 7.11 Å². The SMILES string of the molecule is CCNC(=NCC(C)C)NC(C)COC.I. The largest absolute Gasteiger partial charge is 0.383 e. The van der Waals surface area contributed by atoms with Gasteiger partial charge in [0.05, 0.1) is 6.61 Å². The van der Waals surface area contributed by atoms with Crippen LogP contribution < -0.4 is 10.6 Å². The average Bonchev–Trinajstić information content (AvgIpc) is 2.15. The quantitative estimate of drug-likeness (QED) is 0.440. The number of hydrogen-bond acceptors (Lipinski definition) is 2. The molecule has 0 aliphatic rings. The highest BCUT2D eigenvalue weighted by atomic mass is 127. The molecule has 1 unspecified atom stereocenters. The molecule has 0 aromatic rings. The zero-order valence-corrected chi connectivity index (χ0v) is 13.4. The van der Waals surface area contributed by atoms with E-state index in [9.17, 15) is 0 Å². The van der Waals surface area contributed by atoms with Gasteiger partial charge in [-0.3, -0.25) is 4.99 Å². The van der Waals surface area contributed by atoms with Crippen LogP contribution in [-0.2, 0) is 4.74 Å². The monoisotopic (exact) mass is 343 g/mol. The Morgan fingerprint density at radius 3 is 2.38 bits per heavy atom. The van der Waals surface area contributed by atoms with Gasteiger partial charge < -0.3 is 15.4 Å². The van der Waals surface area contributed by atoms with Crippen molar-refractivity contribution in [2.24, 2.45) is 10.9 Å². The highest BCUT2D eigenvalue weighted by molar-refractivity contribution is 14.0. The molecule has 98 valence electrons. The molecule has 0 aliphatic carbocycles. The molecule has 0 aliphatic heterocycles. The maximum absolute atomic E-state index is 5.06. The van der Waals surface area contributed by atoms with Crippen LogP contribution in [0.25, 0.3) is 0 Å². The van der Waals surface area contributed by atoms with Gasteiger partial charge in [-0.1, -0.05) is 13.8 Å². The lowest BCUT2D eigenvalue weighted by molar-refractivity contribution is 0.179. The van der Waals surface area contributed by atoms with E-state index in [1.165, 1.54) is 0 Å². The number of nitrogens with one attached hydrogen (secondary N) is 2. The van der Waals surface area contributed by atoms with Gasteiger partial charge in [-0.15, -0.1) is 24.0 Å². The Labute approximate surface area is 117 Å². The minimum Gasteiger partial charge on any atom is -0.383 e. The molecule has 0 fully saturated rings. The van der Waals surface area contributed by atoms with E-state index >= 15 is 0 Å². The van der Waals surface area contributed by atoms with Crippen LogP contribution in [0.2, 0.25) is 0 Å². The third kappa shape index (κ3) is 10.5. The molecule has 0 amide bonds. The van der Waals surface area contributed by atoms with Gasteiger partial charge in [-0.2, -0.15) is 0 Å². The Morgan fingerprint density at radius 1 is 1.31 bits per heavy atom. The highest BCUT2D eigenvalue weighted by Gasteiger charge is 2.04. The average molecular weight is 343 g/mol. The minimum absolute atomic E-state index is 0. The summed E-state index contributed by atoms with van der Waals surface area (Å²) in [6.45, 7) is 10.9. The van der Waals surface area contributed by atoms with E-state index in [0.717, 1.165) is 19.0 Å². The normalized spacial score (nSPS) is 13.2. The summed E-state index contributed by atoms with van der Waals surface area (Å²) in [4.78, 5) is 4.47. The molecule has 0 spiro atoms. The third-order valence-electron chi connectivity index (χ3n) is 1.76. The minimum atomic E-state index is 0. The predicted molar refractivity (Wildman–Crippen MR) is 80.7 cm³/mol. The number of nitrogens with zero attached hydrogens (tertiary/aromatic N) is 1. The van der Waals surface area contributed by atoms with E-state index in [1.807, 2.05) is 0 Å². The first-order chi connectivity index (χ1) is 7.10. The second kappa shape index (κ2) is 11.4. The van der Waals surface area contributed by atoms with Gasteiger partial charge in [-0.05, 0) is 19.8 Å². The molecule has 4 nitrogen and oxygen atoms in total. The van der Waals surface area contributed by atoms with Gasteiger partial charge in [0, 0.05) is 26.2 Å². The van der Waals surface area contributed by atoms with E-state index in [0.29, 0.717) is 12.5 Å². The Bertz CT molecular complexity index is 186. The van der Waals surface area contributed by atoms with Crippen molar-refractivity contribution >= 4 is 29.9 Å². The fraction of sp³-hybridized carbons (Fsp3) is 0.909. The summed E-state index contributed by atoms with van der Waals surface area (Å²) in [6.07, 6.45) is 0. The molecule has 0 bridgehead atoms. The molecule has 16 heavy (non-hydrogen) atoms. The molecule has 0 saturated carbocycles. The summed E-state index contributed by atoms with van der Waals surface area (Å²) in [5, 5.41) is 6.50. The molecular formula is C11H26IN3O. The van der Waals surface area contributed by atoms with Crippen LogP contribution in [0.15, 0.2) is 4.99 Å². The van der Waals surface area contributed by atoms with Crippen molar-refractivity contribution in [3.05, 3.63) is 0 Å². The zero-order chi connectivity index (χ0) is 11.7. The summed E-state index contributed by atoms with van der Waals surface area (Å²) in [7, 11) is 1.70. The molecule has 2 N–H and O–H groups in total. The van der Waals surface area contributed by atoms with Crippen molar-refractivity contribution in [1.29, 1.82) is 0 Å². The lowest BCUT2D eigenvalue weighted by Crippen LogP contribution is -2.44. The van der Waals surface area contributed by atoms with Crippen molar-refractivity contribution in [2.75, 3.05) is 26.8 Å². The lowest BCUT2D eigenvalue weighted by Gasteiger charge is -2.17. The van der Waals surface area contributed by atoms with E-state index in [2.05, 4.69) is 43.3 Å². The van der Waals surface area contributed by atoms with E-state index < -0.39 is 0 Å². The first-order valence-electron chi connectivity index (χ1n) is 5.63. The molecule has 0 radical (unpaired) electrons. The molecule has 1 atom stereocenters. The summed E-state index contributed by atoms with van der Waals surface area (Å²) in [5.41, 5.74) is 0. The second-order valence-corrected chi connectivity index (χ2v) is 4.11. The number of rotatable bonds is 6. The molecule has 0 saturated heterocycles. The first kappa shape index (κ1) is 18.3. The van der Waals surface area contributed by atoms with Crippen LogP contribution in [0.3, 0.4) is 0 Å². The number of ether oxygens (including phenoxy) is 1. The molecule has 5 heteroatoms. The predicted octanol–water partition coefficient (Wildman–Crippen LogP) is 1.85. The summed E-state index contributed by atoms with van der Waals surface area (Å²) in [5.74, 6) is 1.45. The Hall–Kier alpha value is -0.0400. The number of guanidine groups is 1. The Balaban J connectivity index is 0. The van der Waals surface area contributed by atoms with Crippen LogP contribution in [0.5, 0.6) is 0 Å². The van der Waals surface area contributed by atoms with Gasteiger partial charge in [0.2, 0.25) is 0 Å². The summed E-state index contributed by atoms with van der Waals surface area (Å²) in [6, 6.07) is 0.278. The van der Waals surface area contributed by atoms with Crippen LogP contribution in [0, 0.1) is 5.92 Å². The number of aliphatic imine (C=N–C) groups is 1. The topological polar surface area (TPSA) is 45.7 Å². The highest BCUT2D eigenvalue weighted by Crippen LogP contribution is 1.92. The van der Waals surface area contributed by atoms with Crippen molar-refractivity contribution in [3.8, 4) is 0 Å². The van der Waals surface area contributed by atoms with Crippen molar-refractivity contribution in [1.82, 2.24) is 10.6 Å². The summed E-state index contributed by atoms with van der Waals surface area (Å²) >= 11 is 0. The van der Waals surface area contributed by atoms with Crippen LogP contribution in [0.1, 0.15) is 27.7 Å². The van der Waals surface area contributed by atoms with E-state index in [4.69, 9.17) is 4.74 Å². The Morgan fingerprint density at radius 2 is 1.94 bits per heavy atom. The fourth-order valence-electron chi connectivity index (χ4n) is 1.12. The second-order valence-electron chi connectivity index (χ2n) is 4.11. The van der Waals surface area contributed by atoms with Crippen molar-refractivity contribution in [2.45, 2.75) is 33.7 Å². The number of halogens is 1. The maximum atomic E-state index is 5.06. The summed E-state index contributed by atoms with van der Waals surface area (Å²) < 4.78 is 5.06. The van der Waals surface area contributed by atoms with Crippen molar-refractivity contribution in [3.63, 3.8) is 0 Å². The van der Waals surface area contributed by atoms with Crippen LogP contribution in [-0.4, -0.2) is 38.8 Å². The first-order valence-corrected chi connectivity index (χ1v) is 5.63. The number of hydrogen-bond donors (Lipinski definition) is 2. The van der Waals surface area contributed by atoms with Crippen LogP contribution >= 0.6 is 24.0 Å². The molecule has 0 heterocycles. The number of methoxy groups -OCH3 is 1. The van der Waals surface area contributed by atoms with Gasteiger partial charge in [0.1, 0.15) is 0 Å². The maximum Gasteiger partial charge on any atom is 0.191 e. The molecular weight excluding hydrogens is 317 g/mol. The standard InChI is InChI=1S/C11H25N3O.HI/c1-6-12-11(13-7-9(2)3)14-10(4)8-15-5;/h9-10H,6-8H2,1-5H3,(H2,12,13,14);1H. The molecule has 0 aromatic heterocycles. The van der Waals surface area contributed by atoms with Gasteiger partial charge in [-0.25, -0.2) is 0 Å². The molecule has 0 rings (SSSR count). The third-order valence-corrected chi connectivity index (χ3v) is 1.76. The fourth-order valence-corrected chi connectivity index (χ4v) is 1.12. The van der Waals surface area contributed by atoms with Gasteiger partial charge in [0.15, 0.2) is 5.96 Å².